The molecule has 1 heterocycles. The number of nitrogens with zero attached hydrogens (tertiary/aromatic N) is 2. The molecule has 0 atom stereocenters. The number of hydrogen-bond acceptors (Lipinski definition) is 4. The van der Waals surface area contributed by atoms with Gasteiger partial charge in [-0.25, -0.2) is 9.18 Å². The Morgan fingerprint density at radius 3 is 3.14 bits per heavy atom. The van der Waals surface area contributed by atoms with Gasteiger partial charge in [0.25, 0.3) is 0 Å². The monoisotopic (exact) mass is 197 g/mol. The van der Waals surface area contributed by atoms with Crippen molar-refractivity contribution < 1.29 is 9.50 Å². The maximum Gasteiger partial charge on any atom is 0.354 e. The molecule has 0 bridgehead atoms. The van der Waals surface area contributed by atoms with Gasteiger partial charge >= 0.3 is 5.69 Å². The number of nitrogens with two attached hydrogens (primary N) is 1. The van der Waals surface area contributed by atoms with Gasteiger partial charge in [-0.15, -0.1) is 5.73 Å². The standard InChI is InChI=1S/C8H8FN3O2/c9-6-5-12(3-1-2-4-13)8(14)11-7(6)10/h2-3,5,13H,4H2,(H2,10,11,14). The summed E-state index contributed by atoms with van der Waals surface area (Å²) in [6.07, 6.45) is 3.30. The minimum absolute atomic E-state index is 0.212. The Kier molecular flexibility index (Phi) is 3.17. The van der Waals surface area contributed by atoms with Gasteiger partial charge in [-0.2, -0.15) is 4.98 Å². The Balaban J connectivity index is 3.17. The summed E-state index contributed by atoms with van der Waals surface area (Å²) in [7, 11) is 0. The minimum Gasteiger partial charge on any atom is -0.392 e. The zero-order valence-electron chi connectivity index (χ0n) is 7.14. The molecule has 0 aromatic carbocycles. The van der Waals surface area contributed by atoms with E-state index in [1.807, 2.05) is 0 Å². The lowest BCUT2D eigenvalue weighted by molar-refractivity contribution is 0.343. The first-order chi connectivity index (χ1) is 6.65. The summed E-state index contributed by atoms with van der Waals surface area (Å²) >= 11 is 0. The highest BCUT2D eigenvalue weighted by molar-refractivity contribution is 5.30. The van der Waals surface area contributed by atoms with E-state index in [1.165, 1.54) is 6.08 Å². The second-order valence-corrected chi connectivity index (χ2v) is 2.35. The Bertz CT molecular complexity index is 446. The number of hydrogen-bond donors (Lipinski definition) is 2. The molecule has 0 aliphatic heterocycles. The van der Waals surface area contributed by atoms with Gasteiger partial charge < -0.3 is 10.8 Å². The Morgan fingerprint density at radius 1 is 1.79 bits per heavy atom. The van der Waals surface area contributed by atoms with E-state index < -0.39 is 17.3 Å². The Morgan fingerprint density at radius 2 is 2.50 bits per heavy atom. The topological polar surface area (TPSA) is 81.1 Å². The number of rotatable bonds is 2. The summed E-state index contributed by atoms with van der Waals surface area (Å²) in [6.45, 7) is -0.212. The highest BCUT2D eigenvalue weighted by Crippen LogP contribution is 2.00. The molecular weight excluding hydrogens is 189 g/mol. The lowest BCUT2D eigenvalue weighted by Gasteiger charge is -1.97. The van der Waals surface area contributed by atoms with Crippen LogP contribution in [0.25, 0.3) is 6.20 Å². The van der Waals surface area contributed by atoms with Crippen LogP contribution in [0.5, 0.6) is 0 Å². The van der Waals surface area contributed by atoms with Crippen LogP contribution in [0.1, 0.15) is 0 Å². The van der Waals surface area contributed by atoms with Crippen molar-refractivity contribution in [3.63, 3.8) is 0 Å². The summed E-state index contributed by atoms with van der Waals surface area (Å²) < 4.78 is 13.7. The van der Waals surface area contributed by atoms with Gasteiger partial charge in [0.1, 0.15) is 0 Å². The molecule has 0 unspecified atom stereocenters. The maximum absolute atomic E-state index is 12.8. The first kappa shape index (κ1) is 10.2. The molecule has 0 aliphatic rings. The molecule has 0 amide bonds. The van der Waals surface area contributed by atoms with Gasteiger partial charge in [-0.1, -0.05) is 0 Å². The number of halogens is 1. The molecule has 74 valence electrons. The zero-order chi connectivity index (χ0) is 10.6. The molecule has 0 spiro atoms. The lowest BCUT2D eigenvalue weighted by atomic mass is 10.5. The van der Waals surface area contributed by atoms with Gasteiger partial charge in [0.15, 0.2) is 11.6 Å². The van der Waals surface area contributed by atoms with E-state index in [2.05, 4.69) is 10.7 Å². The van der Waals surface area contributed by atoms with E-state index in [9.17, 15) is 9.18 Å². The number of anilines is 1. The van der Waals surface area contributed by atoms with Gasteiger partial charge in [-0.05, 0) is 6.08 Å². The number of aromatic nitrogens is 2. The molecule has 0 saturated carbocycles. The summed E-state index contributed by atoms with van der Waals surface area (Å²) in [5.74, 6) is -1.22. The van der Waals surface area contributed by atoms with E-state index >= 15 is 0 Å². The third kappa shape index (κ3) is 2.29. The van der Waals surface area contributed by atoms with Crippen LogP contribution in [-0.4, -0.2) is 21.3 Å². The number of aliphatic hydroxyl groups is 1. The lowest BCUT2D eigenvalue weighted by Crippen LogP contribution is -2.20. The van der Waals surface area contributed by atoms with Crippen LogP contribution in [0, 0.1) is 5.82 Å². The van der Waals surface area contributed by atoms with Crippen LogP contribution in [0.15, 0.2) is 22.8 Å². The smallest absolute Gasteiger partial charge is 0.354 e. The number of nitrogen functional groups attached to an aromatic ring is 1. The molecule has 3 N–H and O–H groups in total. The van der Waals surface area contributed by atoms with E-state index in [0.29, 0.717) is 0 Å². The molecule has 0 saturated heterocycles. The molecule has 5 nitrogen and oxygen atoms in total. The van der Waals surface area contributed by atoms with Crippen molar-refractivity contribution in [2.45, 2.75) is 0 Å². The highest BCUT2D eigenvalue weighted by Gasteiger charge is 2.01. The SMILES string of the molecule is Nc1nc(=O)n(C=C=CCO)cc1F. The molecule has 0 fully saturated rings. The van der Waals surface area contributed by atoms with Crippen molar-refractivity contribution in [1.29, 1.82) is 0 Å². The number of aliphatic hydroxyl groups excluding tert-OH is 1. The van der Waals surface area contributed by atoms with Gasteiger partial charge in [0, 0.05) is 0 Å². The second kappa shape index (κ2) is 4.36. The minimum atomic E-state index is -0.786. The average molecular weight is 197 g/mol. The van der Waals surface area contributed by atoms with E-state index in [4.69, 9.17) is 10.8 Å². The van der Waals surface area contributed by atoms with Crippen LogP contribution >= 0.6 is 0 Å². The Hall–Kier alpha value is -1.91. The summed E-state index contributed by atoms with van der Waals surface area (Å²) in [5, 5.41) is 8.38. The van der Waals surface area contributed by atoms with E-state index in [1.54, 1.807) is 0 Å². The quantitative estimate of drug-likeness (QED) is 0.631. The summed E-state index contributed by atoms with van der Waals surface area (Å²) in [6, 6.07) is 0. The average Bonchev–Trinajstić information content (AvgIpc) is 2.14. The molecule has 1 rings (SSSR count). The first-order valence-corrected chi connectivity index (χ1v) is 3.71. The predicted octanol–water partition coefficient (Wildman–Crippen LogP) is -0.417. The van der Waals surface area contributed by atoms with Crippen molar-refractivity contribution in [3.8, 4) is 0 Å². The summed E-state index contributed by atoms with van der Waals surface area (Å²) in [5.41, 5.74) is 6.81. The normalized spacial score (nSPS) is 9.29. The van der Waals surface area contributed by atoms with E-state index in [0.717, 1.165) is 17.0 Å². The van der Waals surface area contributed by atoms with Crippen LogP contribution < -0.4 is 11.4 Å². The second-order valence-electron chi connectivity index (χ2n) is 2.35. The van der Waals surface area contributed by atoms with Gasteiger partial charge in [-0.3, -0.25) is 4.57 Å². The molecule has 6 heteroatoms. The molecule has 0 aliphatic carbocycles. The third-order valence-corrected chi connectivity index (χ3v) is 1.36. The third-order valence-electron chi connectivity index (χ3n) is 1.36. The van der Waals surface area contributed by atoms with Crippen molar-refractivity contribution >= 4 is 12.0 Å². The van der Waals surface area contributed by atoms with E-state index in [-0.39, 0.29) is 6.61 Å². The molecule has 1 aromatic heterocycles. The predicted molar refractivity (Wildman–Crippen MR) is 48.8 cm³/mol. The van der Waals surface area contributed by atoms with Crippen molar-refractivity contribution in [1.82, 2.24) is 9.55 Å². The van der Waals surface area contributed by atoms with Crippen LogP contribution in [-0.2, 0) is 0 Å². The van der Waals surface area contributed by atoms with Crippen LogP contribution in [0.2, 0.25) is 0 Å². The maximum atomic E-state index is 12.8. The van der Waals surface area contributed by atoms with Crippen LogP contribution in [0.3, 0.4) is 0 Å². The highest BCUT2D eigenvalue weighted by atomic mass is 19.1. The molecule has 0 radical (unpaired) electrons. The summed E-state index contributed by atoms with van der Waals surface area (Å²) in [4.78, 5) is 14.3. The fourth-order valence-electron chi connectivity index (χ4n) is 0.736. The van der Waals surface area contributed by atoms with Crippen molar-refractivity contribution in [3.05, 3.63) is 34.3 Å². The zero-order valence-corrected chi connectivity index (χ0v) is 7.14. The van der Waals surface area contributed by atoms with Crippen molar-refractivity contribution in [2.24, 2.45) is 0 Å². The van der Waals surface area contributed by atoms with Gasteiger partial charge in [0.05, 0.1) is 19.0 Å². The molecule has 1 aromatic rings. The Labute approximate surface area is 78.6 Å². The van der Waals surface area contributed by atoms with Gasteiger partial charge in [0.2, 0.25) is 0 Å². The fourth-order valence-corrected chi connectivity index (χ4v) is 0.736. The molecule has 14 heavy (non-hydrogen) atoms. The first-order valence-electron chi connectivity index (χ1n) is 3.71. The largest absolute Gasteiger partial charge is 0.392 e. The fraction of sp³-hybridized carbons (Fsp3) is 0.125. The van der Waals surface area contributed by atoms with Crippen molar-refractivity contribution in [2.75, 3.05) is 12.3 Å². The van der Waals surface area contributed by atoms with Crippen LogP contribution in [0.4, 0.5) is 10.2 Å². The molecular formula is C8H8FN3O2.